The fraction of sp³-hybridized carbons (Fsp3) is 0.375. The van der Waals surface area contributed by atoms with Crippen LogP contribution >= 0.6 is 0 Å². The number of allylic oxidation sites excluding steroid dienone is 8. The molecule has 0 aliphatic carbocycles. The summed E-state index contributed by atoms with van der Waals surface area (Å²) in [5.74, 6) is -0.0908. The van der Waals surface area contributed by atoms with Crippen molar-refractivity contribution in [2.24, 2.45) is 0 Å². The maximum absolute atomic E-state index is 13.2. The molecule has 0 aromatic heterocycles. The second kappa shape index (κ2) is 12.1. The first-order chi connectivity index (χ1) is 12.2. The highest BCUT2D eigenvalue weighted by molar-refractivity contribution is 5.99. The minimum atomic E-state index is -0.0908. The van der Waals surface area contributed by atoms with Gasteiger partial charge in [0, 0.05) is 17.0 Å². The quantitative estimate of drug-likeness (QED) is 0.305. The van der Waals surface area contributed by atoms with Crippen LogP contribution in [0.25, 0.3) is 0 Å². The molecule has 142 valence electrons. The lowest BCUT2D eigenvalue weighted by atomic mass is 10.0. The lowest BCUT2D eigenvalue weighted by Gasteiger charge is -2.25. The molecule has 2 heteroatoms. The Morgan fingerprint density at radius 2 is 1.73 bits per heavy atom. The zero-order valence-corrected chi connectivity index (χ0v) is 17.5. The Hall–Kier alpha value is -2.35. The maximum atomic E-state index is 13.2. The number of unbranched alkanes of at least 4 members (excludes halogenated alkanes) is 1. The van der Waals surface area contributed by atoms with Crippen molar-refractivity contribution in [3.63, 3.8) is 0 Å². The summed E-state index contributed by atoms with van der Waals surface area (Å²) in [5, 5.41) is 0. The largest absolute Gasteiger partial charge is 0.282 e. The Morgan fingerprint density at radius 1 is 1.12 bits per heavy atom. The molecule has 0 saturated carbocycles. The summed E-state index contributed by atoms with van der Waals surface area (Å²) in [6.07, 6.45) is 12.4. The molecule has 0 saturated heterocycles. The van der Waals surface area contributed by atoms with Gasteiger partial charge in [-0.05, 0) is 65.2 Å². The summed E-state index contributed by atoms with van der Waals surface area (Å²) in [6.45, 7) is 23.7. The van der Waals surface area contributed by atoms with Crippen LogP contribution in [0.5, 0.6) is 0 Å². The molecule has 0 spiro atoms. The van der Waals surface area contributed by atoms with E-state index in [-0.39, 0.29) is 5.91 Å². The van der Waals surface area contributed by atoms with Crippen LogP contribution in [0.2, 0.25) is 0 Å². The van der Waals surface area contributed by atoms with Crippen LogP contribution in [0.15, 0.2) is 83.8 Å². The molecule has 0 unspecified atom stereocenters. The molecule has 0 rings (SSSR count). The molecular formula is C24H35NO. The first-order valence-corrected chi connectivity index (χ1v) is 9.20. The molecule has 0 aliphatic rings. The van der Waals surface area contributed by atoms with Gasteiger partial charge >= 0.3 is 0 Å². The average molecular weight is 354 g/mol. The van der Waals surface area contributed by atoms with Crippen molar-refractivity contribution < 1.29 is 4.79 Å². The van der Waals surface area contributed by atoms with Gasteiger partial charge in [0.1, 0.15) is 0 Å². The van der Waals surface area contributed by atoms with Gasteiger partial charge in [-0.15, -0.1) is 0 Å². The van der Waals surface area contributed by atoms with Crippen LogP contribution < -0.4 is 0 Å². The van der Waals surface area contributed by atoms with E-state index in [4.69, 9.17) is 0 Å². The molecule has 0 heterocycles. The van der Waals surface area contributed by atoms with Gasteiger partial charge in [0.2, 0.25) is 0 Å². The lowest BCUT2D eigenvalue weighted by molar-refractivity contribution is -0.123. The predicted octanol–water partition coefficient (Wildman–Crippen LogP) is 7.02. The van der Waals surface area contributed by atoms with Gasteiger partial charge in [0.15, 0.2) is 0 Å². The zero-order valence-electron chi connectivity index (χ0n) is 17.5. The van der Waals surface area contributed by atoms with Crippen molar-refractivity contribution in [2.75, 3.05) is 0 Å². The van der Waals surface area contributed by atoms with Gasteiger partial charge < -0.3 is 0 Å². The van der Waals surface area contributed by atoms with Gasteiger partial charge in [0.05, 0.1) is 0 Å². The molecule has 0 N–H and O–H groups in total. The third-order valence-corrected chi connectivity index (χ3v) is 4.06. The standard InChI is InChI=1S/C24H35NO/c1-10-13-15-20(8)21(9)17-22(12-3)25(19(6)7)24(26)23(18(4)5)16-14-11-2/h11-12,14,16-17H,2,6,8,10,13,15H2,1,3-5,7,9H3/b16-14-,21-17+,22-12+. The van der Waals surface area contributed by atoms with Crippen molar-refractivity contribution >= 4 is 5.91 Å². The van der Waals surface area contributed by atoms with E-state index in [1.54, 1.807) is 23.1 Å². The number of rotatable bonds is 10. The van der Waals surface area contributed by atoms with Gasteiger partial charge in [-0.1, -0.05) is 62.5 Å². The van der Waals surface area contributed by atoms with Gasteiger partial charge in [0.25, 0.3) is 5.91 Å². The van der Waals surface area contributed by atoms with E-state index in [0.717, 1.165) is 41.7 Å². The number of hydrogen-bond donors (Lipinski definition) is 0. The van der Waals surface area contributed by atoms with Crippen molar-refractivity contribution in [2.45, 2.75) is 60.8 Å². The van der Waals surface area contributed by atoms with Crippen molar-refractivity contribution in [1.82, 2.24) is 4.90 Å². The number of nitrogens with zero attached hydrogens (tertiary/aromatic N) is 1. The first kappa shape index (κ1) is 23.7. The van der Waals surface area contributed by atoms with Gasteiger partial charge in [-0.2, -0.15) is 0 Å². The summed E-state index contributed by atoms with van der Waals surface area (Å²) < 4.78 is 0. The summed E-state index contributed by atoms with van der Waals surface area (Å²) in [4.78, 5) is 14.8. The third kappa shape index (κ3) is 7.26. The minimum absolute atomic E-state index is 0.0908. The molecule has 1 amide bonds. The third-order valence-electron chi connectivity index (χ3n) is 4.06. The van der Waals surface area contributed by atoms with Crippen molar-refractivity contribution in [1.29, 1.82) is 0 Å². The highest BCUT2D eigenvalue weighted by atomic mass is 16.2. The summed E-state index contributed by atoms with van der Waals surface area (Å²) >= 11 is 0. The summed E-state index contributed by atoms with van der Waals surface area (Å²) in [5.41, 5.74) is 5.27. The molecule has 0 fully saturated rings. The van der Waals surface area contributed by atoms with E-state index in [0.29, 0.717) is 11.3 Å². The molecule has 0 aliphatic heterocycles. The summed E-state index contributed by atoms with van der Waals surface area (Å²) in [6, 6.07) is 0. The fourth-order valence-electron chi connectivity index (χ4n) is 2.44. The summed E-state index contributed by atoms with van der Waals surface area (Å²) in [7, 11) is 0. The number of hydrogen-bond acceptors (Lipinski definition) is 1. The van der Waals surface area contributed by atoms with Gasteiger partial charge in [-0.25, -0.2) is 0 Å². The Bertz CT molecular complexity index is 664. The van der Waals surface area contributed by atoms with Gasteiger partial charge in [-0.3, -0.25) is 9.69 Å². The second-order valence-corrected chi connectivity index (χ2v) is 6.63. The fourth-order valence-corrected chi connectivity index (χ4v) is 2.44. The van der Waals surface area contributed by atoms with Crippen LogP contribution in [0.3, 0.4) is 0 Å². The first-order valence-electron chi connectivity index (χ1n) is 9.20. The molecule has 0 bridgehead atoms. The van der Waals surface area contributed by atoms with Crippen LogP contribution in [0.1, 0.15) is 60.8 Å². The molecule has 0 aromatic rings. The Morgan fingerprint density at radius 3 is 2.15 bits per heavy atom. The molecule has 0 atom stereocenters. The number of carbonyl (C=O) groups is 1. The highest BCUT2D eigenvalue weighted by Crippen LogP contribution is 2.23. The number of carbonyl (C=O) groups excluding carboxylic acids is 1. The predicted molar refractivity (Wildman–Crippen MR) is 116 cm³/mol. The van der Waals surface area contributed by atoms with Crippen molar-refractivity contribution in [3.8, 4) is 0 Å². The topological polar surface area (TPSA) is 20.3 Å². The molecule has 0 aromatic carbocycles. The number of amides is 1. The maximum Gasteiger partial charge on any atom is 0.262 e. The smallest absolute Gasteiger partial charge is 0.262 e. The van der Waals surface area contributed by atoms with Crippen LogP contribution in [0.4, 0.5) is 0 Å². The highest BCUT2D eigenvalue weighted by Gasteiger charge is 2.21. The Balaban J connectivity index is 5.91. The molecule has 26 heavy (non-hydrogen) atoms. The minimum Gasteiger partial charge on any atom is -0.282 e. The average Bonchev–Trinajstić information content (AvgIpc) is 2.58. The molecule has 2 nitrogen and oxygen atoms in total. The molecule has 0 radical (unpaired) electrons. The SMILES string of the molecule is C=C/C=C\C(C(=O)N(C(=C)C)C(/C=C(\C)C(=C)CCCC)=C/C)=C(C)C. The lowest BCUT2D eigenvalue weighted by Crippen LogP contribution is -2.29. The zero-order chi connectivity index (χ0) is 20.3. The Labute approximate surface area is 160 Å². The van der Waals surface area contributed by atoms with Crippen LogP contribution in [-0.4, -0.2) is 10.8 Å². The second-order valence-electron chi connectivity index (χ2n) is 6.63. The van der Waals surface area contributed by atoms with Crippen molar-refractivity contribution in [3.05, 3.63) is 83.8 Å². The van der Waals surface area contributed by atoms with Crippen LogP contribution in [-0.2, 0) is 4.79 Å². The van der Waals surface area contributed by atoms with E-state index < -0.39 is 0 Å². The van der Waals surface area contributed by atoms with E-state index >= 15 is 0 Å². The van der Waals surface area contributed by atoms with E-state index in [2.05, 4.69) is 26.7 Å². The molecular weight excluding hydrogens is 318 g/mol. The Kier molecular flexibility index (Phi) is 11.0. The van der Waals surface area contributed by atoms with Crippen LogP contribution in [0, 0.1) is 0 Å². The van der Waals surface area contributed by atoms with E-state index in [1.165, 1.54) is 0 Å². The normalized spacial score (nSPS) is 12.1. The monoisotopic (exact) mass is 353 g/mol. The van der Waals surface area contributed by atoms with E-state index in [9.17, 15) is 4.79 Å². The van der Waals surface area contributed by atoms with E-state index in [1.807, 2.05) is 46.8 Å².